The quantitative estimate of drug-likeness (QED) is 0.470. The maximum absolute atomic E-state index is 3.44. The minimum Gasteiger partial charge on any atom is -1.00 e. The van der Waals surface area contributed by atoms with Gasteiger partial charge in [-0.25, -0.2) is 5.57 Å². The van der Waals surface area contributed by atoms with Crippen LogP contribution < -0.4 is 24.8 Å². The first-order valence-electron chi connectivity index (χ1n) is 6.92. The Hall–Kier alpha value is 0.253. The molecule has 23 heavy (non-hydrogen) atoms. The molecule has 0 radical (unpaired) electrons. The second-order valence-corrected chi connectivity index (χ2v) is 6.84. The van der Waals surface area contributed by atoms with Gasteiger partial charge in [0.1, 0.15) is 0 Å². The maximum Gasteiger partial charge on any atom is 4.00 e. The van der Waals surface area contributed by atoms with Gasteiger partial charge in [-0.1, -0.05) is 59.6 Å². The van der Waals surface area contributed by atoms with Gasteiger partial charge < -0.3 is 24.8 Å². The summed E-state index contributed by atoms with van der Waals surface area (Å²) < 4.78 is 1.16. The molecule has 4 heteroatoms. The van der Waals surface area contributed by atoms with Crippen LogP contribution in [0.2, 0.25) is 0 Å². The fourth-order valence-electron chi connectivity index (χ4n) is 2.52. The molecule has 0 nitrogen and oxygen atoms in total. The molecule has 0 aliphatic heterocycles. The van der Waals surface area contributed by atoms with Crippen molar-refractivity contribution in [3.05, 3.63) is 63.7 Å². The first-order valence-corrected chi connectivity index (χ1v) is 7.71. The second kappa shape index (κ2) is 10.3. The molecule has 1 aliphatic carbocycles. The van der Waals surface area contributed by atoms with E-state index in [1.54, 1.807) is 0 Å². The molecule has 0 unspecified atom stereocenters. The van der Waals surface area contributed by atoms with Crippen molar-refractivity contribution >= 4 is 26.7 Å². The first-order chi connectivity index (χ1) is 9.31. The van der Waals surface area contributed by atoms with Crippen LogP contribution in [0.15, 0.2) is 57.6 Å². The van der Waals surface area contributed by atoms with Crippen molar-refractivity contribution in [1.29, 1.82) is 0 Å². The fourth-order valence-corrected chi connectivity index (χ4v) is 3.01. The van der Waals surface area contributed by atoms with Gasteiger partial charge in [0, 0.05) is 0 Å². The molecule has 0 spiro atoms. The number of hydrogen-bond donors (Lipinski definition) is 0. The number of rotatable bonds is 0. The third-order valence-electron chi connectivity index (χ3n) is 4.15. The molecule has 0 saturated heterocycles. The van der Waals surface area contributed by atoms with E-state index in [1.165, 1.54) is 27.5 Å². The van der Waals surface area contributed by atoms with Crippen molar-refractivity contribution in [2.45, 2.75) is 34.6 Å². The molecule has 0 bridgehead atoms. The summed E-state index contributed by atoms with van der Waals surface area (Å²) in [6.07, 6.45) is 3.44. The average Bonchev–Trinajstić information content (AvgIpc) is 2.83. The second-order valence-electron chi connectivity index (χ2n) is 5.93. The molecule has 0 amide bonds. The summed E-state index contributed by atoms with van der Waals surface area (Å²) in [6.45, 7) is 10.9. The maximum atomic E-state index is 3.44. The number of fused-ring (bicyclic) bond motifs is 1. The van der Waals surface area contributed by atoms with Gasteiger partial charge in [-0.05, 0) is 0 Å². The SMILES string of the molecule is Brc1cc2ccccc2[cH-]1.CC1=[C-]C(C)(C)C(C)=C1C.[Cl-].[Cl-].[Zr+4]. The minimum atomic E-state index is 0. The van der Waals surface area contributed by atoms with Crippen LogP contribution in [0.3, 0.4) is 0 Å². The van der Waals surface area contributed by atoms with E-state index in [2.05, 4.69) is 93.0 Å². The Kier molecular flexibility index (Phi) is 11.4. The van der Waals surface area contributed by atoms with Gasteiger partial charge in [-0.15, -0.1) is 42.0 Å². The van der Waals surface area contributed by atoms with Crippen LogP contribution in [0.1, 0.15) is 34.6 Å². The molecular formula is C19H21BrCl2Zr. The minimum absolute atomic E-state index is 0. The number of allylic oxidation sites excluding steroid dienone is 4. The summed E-state index contributed by atoms with van der Waals surface area (Å²) in [5.74, 6) is 0. The van der Waals surface area contributed by atoms with E-state index in [0.29, 0.717) is 0 Å². The van der Waals surface area contributed by atoms with Gasteiger partial charge in [-0.2, -0.15) is 17.2 Å². The largest absolute Gasteiger partial charge is 4.00 e. The van der Waals surface area contributed by atoms with Gasteiger partial charge in [0.05, 0.1) is 0 Å². The van der Waals surface area contributed by atoms with E-state index in [-0.39, 0.29) is 56.4 Å². The Bertz CT molecular complexity index is 663. The van der Waals surface area contributed by atoms with E-state index in [9.17, 15) is 0 Å². The van der Waals surface area contributed by atoms with Crippen LogP contribution in [0.4, 0.5) is 0 Å². The Morgan fingerprint density at radius 2 is 1.61 bits per heavy atom. The van der Waals surface area contributed by atoms with Crippen molar-refractivity contribution in [2.75, 3.05) is 0 Å². The smallest absolute Gasteiger partial charge is 1.00 e. The van der Waals surface area contributed by atoms with Crippen LogP contribution in [0, 0.1) is 11.5 Å². The van der Waals surface area contributed by atoms with E-state index in [4.69, 9.17) is 0 Å². The van der Waals surface area contributed by atoms with Crippen LogP contribution in [-0.4, -0.2) is 0 Å². The average molecular weight is 491 g/mol. The molecule has 2 aromatic carbocycles. The monoisotopic (exact) mass is 488 g/mol. The van der Waals surface area contributed by atoms with Crippen molar-refractivity contribution < 1.29 is 51.0 Å². The molecule has 0 saturated carbocycles. The molecule has 0 aromatic heterocycles. The Labute approximate surface area is 180 Å². The van der Waals surface area contributed by atoms with E-state index in [0.717, 1.165) is 4.47 Å². The van der Waals surface area contributed by atoms with Gasteiger partial charge >= 0.3 is 26.2 Å². The Morgan fingerprint density at radius 1 is 1.04 bits per heavy atom. The third kappa shape index (κ3) is 6.24. The summed E-state index contributed by atoms with van der Waals surface area (Å²) >= 11 is 3.42. The number of halogens is 3. The Balaban J connectivity index is 0. The molecule has 3 rings (SSSR count). The molecule has 1 aliphatic rings. The summed E-state index contributed by atoms with van der Waals surface area (Å²) in [4.78, 5) is 0. The zero-order valence-electron chi connectivity index (χ0n) is 14.1. The molecule has 0 atom stereocenters. The predicted molar refractivity (Wildman–Crippen MR) is 91.8 cm³/mol. The molecule has 2 aromatic rings. The summed E-state index contributed by atoms with van der Waals surface area (Å²) in [6, 6.07) is 12.6. The van der Waals surface area contributed by atoms with Crippen molar-refractivity contribution in [1.82, 2.24) is 0 Å². The van der Waals surface area contributed by atoms with Crippen molar-refractivity contribution in [3.8, 4) is 0 Å². The van der Waals surface area contributed by atoms with Crippen LogP contribution in [0.25, 0.3) is 10.8 Å². The van der Waals surface area contributed by atoms with Gasteiger partial charge in [-0.3, -0.25) is 6.08 Å². The van der Waals surface area contributed by atoms with Crippen LogP contribution in [0.5, 0.6) is 0 Å². The summed E-state index contributed by atoms with van der Waals surface area (Å²) in [5, 5.41) is 2.60. The van der Waals surface area contributed by atoms with Crippen LogP contribution >= 0.6 is 15.9 Å². The van der Waals surface area contributed by atoms with Crippen molar-refractivity contribution in [2.24, 2.45) is 5.41 Å². The molecule has 0 heterocycles. The van der Waals surface area contributed by atoms with E-state index >= 15 is 0 Å². The number of benzene rings is 1. The van der Waals surface area contributed by atoms with E-state index in [1.807, 2.05) is 0 Å². The zero-order chi connectivity index (χ0) is 14.9. The molecule has 122 valence electrons. The van der Waals surface area contributed by atoms with Gasteiger partial charge in [0.2, 0.25) is 0 Å². The van der Waals surface area contributed by atoms with Gasteiger partial charge in [0.25, 0.3) is 0 Å². The zero-order valence-corrected chi connectivity index (χ0v) is 19.7. The third-order valence-corrected chi connectivity index (χ3v) is 4.60. The summed E-state index contributed by atoms with van der Waals surface area (Å²) in [7, 11) is 0. The molecule has 0 N–H and O–H groups in total. The van der Waals surface area contributed by atoms with Gasteiger partial charge in [0.15, 0.2) is 0 Å². The predicted octanol–water partition coefficient (Wildman–Crippen LogP) is 0.439. The fraction of sp³-hybridized carbons (Fsp3) is 0.316. The molecule has 0 fully saturated rings. The summed E-state index contributed by atoms with van der Waals surface area (Å²) in [5.41, 5.74) is 4.39. The van der Waals surface area contributed by atoms with Crippen LogP contribution in [-0.2, 0) is 26.2 Å². The number of hydrogen-bond acceptors (Lipinski definition) is 0. The first kappa shape index (κ1) is 25.5. The van der Waals surface area contributed by atoms with Crippen molar-refractivity contribution in [3.63, 3.8) is 0 Å². The van der Waals surface area contributed by atoms with E-state index < -0.39 is 0 Å². The molecular weight excluding hydrogens is 470 g/mol. The normalized spacial score (nSPS) is 14.8. The topological polar surface area (TPSA) is 0 Å². The Morgan fingerprint density at radius 3 is 2.00 bits per heavy atom. The standard InChI is InChI=1S/C10H15.C9H6Br.2ClH.Zr/c1-7-6-10(4,5)9(3)8(7)2;10-9-5-7-3-1-2-4-8(7)6-9;;;/h1-5H3;1-6H;2*1H;/q2*-1;;;+4/p-2.